The molecule has 0 amide bonds. The Hall–Kier alpha value is -3.42. The number of pyridine rings is 2. The maximum atomic E-state index is 5.13. The van der Waals surface area contributed by atoms with Crippen molar-refractivity contribution in [2.75, 3.05) is 18.4 Å². The summed E-state index contributed by atoms with van der Waals surface area (Å²) in [6.45, 7) is 7.28. The highest BCUT2D eigenvalue weighted by atomic mass is 15.0. The van der Waals surface area contributed by atoms with Crippen LogP contribution in [-0.4, -0.2) is 39.1 Å². The zero-order valence-corrected chi connectivity index (χ0v) is 21.7. The lowest BCUT2D eigenvalue weighted by Crippen LogP contribution is -2.39. The fourth-order valence-electron chi connectivity index (χ4n) is 5.15. The van der Waals surface area contributed by atoms with Crippen molar-refractivity contribution in [2.45, 2.75) is 64.0 Å². The van der Waals surface area contributed by atoms with E-state index < -0.39 is 0 Å². The molecule has 2 fully saturated rings. The molecule has 190 valence electrons. The number of benzene rings is 1. The van der Waals surface area contributed by atoms with Gasteiger partial charge in [-0.3, -0.25) is 4.98 Å². The van der Waals surface area contributed by atoms with Crippen LogP contribution < -0.4 is 16.0 Å². The molecule has 1 aliphatic carbocycles. The van der Waals surface area contributed by atoms with Crippen molar-refractivity contribution in [1.29, 1.82) is 0 Å². The van der Waals surface area contributed by atoms with Crippen molar-refractivity contribution in [1.82, 2.24) is 30.6 Å². The molecule has 4 heterocycles. The number of piperidine rings is 1. The van der Waals surface area contributed by atoms with E-state index in [1.54, 1.807) is 0 Å². The summed E-state index contributed by atoms with van der Waals surface area (Å²) in [4.78, 5) is 19.2. The molecule has 1 aliphatic heterocycles. The first-order valence-corrected chi connectivity index (χ1v) is 13.6. The first kappa shape index (κ1) is 23.9. The summed E-state index contributed by atoms with van der Waals surface area (Å²) in [6, 6.07) is 13.1. The van der Waals surface area contributed by atoms with Gasteiger partial charge in [-0.1, -0.05) is 26.0 Å². The van der Waals surface area contributed by atoms with E-state index in [0.29, 0.717) is 23.7 Å². The zero-order valence-electron chi connectivity index (χ0n) is 21.7. The summed E-state index contributed by atoms with van der Waals surface area (Å²) < 4.78 is 0. The van der Waals surface area contributed by atoms with E-state index >= 15 is 0 Å². The highest BCUT2D eigenvalue weighted by molar-refractivity contribution is 5.86. The number of rotatable bonds is 8. The van der Waals surface area contributed by atoms with Crippen molar-refractivity contribution >= 4 is 22.4 Å². The molecule has 37 heavy (non-hydrogen) atoms. The smallest absolute Gasteiger partial charge is 0.160 e. The van der Waals surface area contributed by atoms with E-state index in [-0.39, 0.29) is 0 Å². The van der Waals surface area contributed by atoms with Gasteiger partial charge in [-0.05, 0) is 86.0 Å². The normalized spacial score (nSPS) is 16.4. The zero-order chi connectivity index (χ0) is 25.2. The summed E-state index contributed by atoms with van der Waals surface area (Å²) >= 11 is 0. The van der Waals surface area contributed by atoms with Crippen molar-refractivity contribution in [2.24, 2.45) is 0 Å². The van der Waals surface area contributed by atoms with Crippen molar-refractivity contribution in [3.8, 4) is 11.4 Å². The Balaban J connectivity index is 1.32. The Morgan fingerprint density at radius 3 is 2.54 bits per heavy atom. The lowest BCUT2D eigenvalue weighted by Gasteiger charge is -2.24. The number of hydrogen-bond donors (Lipinski definition) is 3. The minimum atomic E-state index is 0.508. The molecular formula is C30H35N7. The third kappa shape index (κ3) is 5.48. The molecule has 1 saturated heterocycles. The van der Waals surface area contributed by atoms with Gasteiger partial charge in [0.1, 0.15) is 5.82 Å². The Bertz CT molecular complexity index is 1370. The van der Waals surface area contributed by atoms with E-state index in [9.17, 15) is 0 Å². The van der Waals surface area contributed by atoms with Gasteiger partial charge in [-0.2, -0.15) is 0 Å². The first-order valence-electron chi connectivity index (χ1n) is 13.6. The number of nitrogens with zero attached hydrogens (tertiary/aromatic N) is 4. The van der Waals surface area contributed by atoms with Crippen LogP contribution >= 0.6 is 0 Å². The van der Waals surface area contributed by atoms with Gasteiger partial charge in [0.25, 0.3) is 0 Å². The highest BCUT2D eigenvalue weighted by Gasteiger charge is 2.28. The molecule has 3 aromatic heterocycles. The molecule has 0 unspecified atom stereocenters. The van der Waals surface area contributed by atoms with Gasteiger partial charge in [0, 0.05) is 41.6 Å². The van der Waals surface area contributed by atoms with Crippen LogP contribution in [0.1, 0.15) is 68.2 Å². The van der Waals surface area contributed by atoms with Gasteiger partial charge in [0.15, 0.2) is 5.82 Å². The summed E-state index contributed by atoms with van der Waals surface area (Å²) in [6.07, 6.45) is 10.5. The van der Waals surface area contributed by atoms with E-state index in [1.165, 1.54) is 29.4 Å². The van der Waals surface area contributed by atoms with Crippen LogP contribution in [0, 0.1) is 0 Å². The summed E-state index contributed by atoms with van der Waals surface area (Å²) in [5.74, 6) is 2.58. The molecule has 2 aliphatic rings. The van der Waals surface area contributed by atoms with Crippen LogP contribution in [0.5, 0.6) is 0 Å². The summed E-state index contributed by atoms with van der Waals surface area (Å²) in [7, 11) is 0. The third-order valence-electron chi connectivity index (χ3n) is 7.49. The average molecular weight is 494 g/mol. The topological polar surface area (TPSA) is 87.7 Å². The number of aromatic nitrogens is 4. The van der Waals surface area contributed by atoms with Gasteiger partial charge in [-0.15, -0.1) is 0 Å². The Morgan fingerprint density at radius 2 is 1.78 bits per heavy atom. The molecule has 0 radical (unpaired) electrons. The van der Waals surface area contributed by atoms with Gasteiger partial charge < -0.3 is 16.0 Å². The van der Waals surface area contributed by atoms with Gasteiger partial charge in [0.2, 0.25) is 0 Å². The van der Waals surface area contributed by atoms with E-state index in [1.807, 2.05) is 30.7 Å². The van der Waals surface area contributed by atoms with Gasteiger partial charge in [-0.25, -0.2) is 15.0 Å². The Morgan fingerprint density at radius 1 is 0.973 bits per heavy atom. The van der Waals surface area contributed by atoms with E-state index in [4.69, 9.17) is 9.97 Å². The standard InChI is InChI=1S/C30H35N7/c1-19(2)20-5-7-24(8-6-20)35-28-15-22(9-14-33-28)30-36-26-17-32-16-25(21-3-4-21)29(26)27(37-30)18-34-23-10-12-31-13-11-23/h5-9,14-17,19,21,23,31,34H,3-4,10-13,18H2,1-2H3,(H,33,35). The van der Waals surface area contributed by atoms with Gasteiger partial charge in [0.05, 0.1) is 17.4 Å². The molecule has 6 rings (SSSR count). The van der Waals surface area contributed by atoms with Crippen molar-refractivity contribution in [3.63, 3.8) is 0 Å². The number of hydrogen-bond acceptors (Lipinski definition) is 7. The Kier molecular flexibility index (Phi) is 6.81. The molecule has 1 saturated carbocycles. The van der Waals surface area contributed by atoms with E-state index in [2.05, 4.69) is 64.0 Å². The van der Waals surface area contributed by atoms with Crippen LogP contribution in [0.3, 0.4) is 0 Å². The molecule has 0 spiro atoms. The lowest BCUT2D eigenvalue weighted by atomic mass is 10.0. The quantitative estimate of drug-likeness (QED) is 0.291. The monoisotopic (exact) mass is 493 g/mol. The average Bonchev–Trinajstić information content (AvgIpc) is 3.78. The number of anilines is 2. The maximum absolute atomic E-state index is 5.13. The minimum Gasteiger partial charge on any atom is -0.340 e. The predicted octanol–water partition coefficient (Wildman–Crippen LogP) is 5.67. The molecular weight excluding hydrogens is 458 g/mol. The number of fused-ring (bicyclic) bond motifs is 1. The second-order valence-corrected chi connectivity index (χ2v) is 10.6. The van der Waals surface area contributed by atoms with Crippen molar-refractivity contribution < 1.29 is 0 Å². The molecule has 7 heteroatoms. The Labute approximate surface area is 218 Å². The third-order valence-corrected chi connectivity index (χ3v) is 7.49. The van der Waals surface area contributed by atoms with Gasteiger partial charge >= 0.3 is 0 Å². The molecule has 0 atom stereocenters. The maximum Gasteiger partial charge on any atom is 0.160 e. The second-order valence-electron chi connectivity index (χ2n) is 10.6. The largest absolute Gasteiger partial charge is 0.340 e. The summed E-state index contributed by atoms with van der Waals surface area (Å²) in [5.41, 5.74) is 6.57. The van der Waals surface area contributed by atoms with E-state index in [0.717, 1.165) is 60.8 Å². The fourth-order valence-corrected chi connectivity index (χ4v) is 5.15. The molecule has 4 aromatic rings. The lowest BCUT2D eigenvalue weighted by molar-refractivity contribution is 0.385. The molecule has 3 N–H and O–H groups in total. The molecule has 7 nitrogen and oxygen atoms in total. The molecule has 1 aromatic carbocycles. The minimum absolute atomic E-state index is 0.508. The highest BCUT2D eigenvalue weighted by Crippen LogP contribution is 2.43. The van der Waals surface area contributed by atoms with Crippen LogP contribution in [-0.2, 0) is 6.54 Å². The first-order chi connectivity index (χ1) is 18.1. The van der Waals surface area contributed by atoms with Crippen LogP contribution in [0.2, 0.25) is 0 Å². The van der Waals surface area contributed by atoms with Crippen molar-refractivity contribution in [3.05, 3.63) is 71.8 Å². The van der Waals surface area contributed by atoms with Crippen LogP contribution in [0.25, 0.3) is 22.3 Å². The number of nitrogens with one attached hydrogen (secondary N) is 3. The summed E-state index contributed by atoms with van der Waals surface area (Å²) in [5, 5.41) is 11.8. The SMILES string of the molecule is CC(C)c1ccc(Nc2cc(-c3nc(CNC4CCNCC4)c4c(C5CC5)cncc4n3)ccn2)cc1. The predicted molar refractivity (Wildman–Crippen MR) is 149 cm³/mol. The second kappa shape index (κ2) is 10.5. The van der Waals surface area contributed by atoms with Crippen LogP contribution in [0.15, 0.2) is 55.0 Å². The fraction of sp³-hybridized carbons (Fsp3) is 0.400. The molecule has 0 bridgehead atoms. The van der Waals surface area contributed by atoms with Crippen LogP contribution in [0.4, 0.5) is 11.5 Å².